The molecule has 0 bridgehead atoms. The van der Waals surface area contributed by atoms with E-state index in [-0.39, 0.29) is 12.5 Å². The maximum Gasteiger partial charge on any atom is 0.418 e. The molecule has 1 aromatic carbocycles. The number of carbonyl (C=O) groups excluding carboxylic acids is 3. The molecule has 1 aliphatic rings. The van der Waals surface area contributed by atoms with E-state index < -0.39 is 24.1 Å². The van der Waals surface area contributed by atoms with E-state index >= 15 is 0 Å². The molecule has 162 valence electrons. The predicted molar refractivity (Wildman–Crippen MR) is 117 cm³/mol. The van der Waals surface area contributed by atoms with Gasteiger partial charge in [-0.2, -0.15) is 0 Å². The molecule has 0 aliphatic carbocycles. The number of imide groups is 1. The molecule has 2 atom stereocenters. The van der Waals surface area contributed by atoms with Crippen molar-refractivity contribution in [1.82, 2.24) is 9.88 Å². The van der Waals surface area contributed by atoms with Crippen LogP contribution in [-0.4, -0.2) is 46.8 Å². The molecular weight excluding hydrogens is 420 g/mol. The molecule has 0 N–H and O–H groups in total. The molecule has 2 unspecified atom stereocenters. The zero-order valence-corrected chi connectivity index (χ0v) is 18.2. The molecule has 2 heterocycles. The average Bonchev–Trinajstić information content (AvgIpc) is 2.74. The zero-order valence-electron chi connectivity index (χ0n) is 17.5. The SMILES string of the molecule is CCOC(=O)N1C(=O)N=C(C)C(C(=O)N(CC)c2ccncc2)C1c1cccc(Cl)c1. The highest BCUT2D eigenvalue weighted by atomic mass is 35.5. The van der Waals surface area contributed by atoms with Crippen molar-refractivity contribution in [3.63, 3.8) is 0 Å². The Labute approximate surface area is 185 Å². The number of anilines is 1. The van der Waals surface area contributed by atoms with Crippen LogP contribution in [0.5, 0.6) is 0 Å². The molecule has 0 spiro atoms. The van der Waals surface area contributed by atoms with E-state index in [0.29, 0.717) is 28.5 Å². The molecule has 2 aromatic rings. The van der Waals surface area contributed by atoms with Crippen molar-refractivity contribution in [2.45, 2.75) is 26.8 Å². The topological polar surface area (TPSA) is 92.2 Å². The number of aliphatic imine (C=N–C) groups is 1. The van der Waals surface area contributed by atoms with Gasteiger partial charge in [0.25, 0.3) is 0 Å². The molecule has 0 saturated heterocycles. The van der Waals surface area contributed by atoms with Gasteiger partial charge in [-0.25, -0.2) is 19.5 Å². The summed E-state index contributed by atoms with van der Waals surface area (Å²) in [6.07, 6.45) is 2.32. The third-order valence-corrected chi connectivity index (χ3v) is 5.23. The zero-order chi connectivity index (χ0) is 22.5. The van der Waals surface area contributed by atoms with E-state index in [9.17, 15) is 14.4 Å². The first-order chi connectivity index (χ1) is 14.9. The Kier molecular flexibility index (Phi) is 7.02. The summed E-state index contributed by atoms with van der Waals surface area (Å²) >= 11 is 6.19. The average molecular weight is 443 g/mol. The quantitative estimate of drug-likeness (QED) is 0.679. The molecule has 3 rings (SSSR count). The van der Waals surface area contributed by atoms with Gasteiger partial charge in [0.15, 0.2) is 0 Å². The van der Waals surface area contributed by atoms with Crippen LogP contribution in [0.25, 0.3) is 0 Å². The third-order valence-electron chi connectivity index (χ3n) is 5.00. The van der Waals surface area contributed by atoms with Crippen molar-refractivity contribution in [1.29, 1.82) is 0 Å². The lowest BCUT2D eigenvalue weighted by Gasteiger charge is -2.38. The molecule has 9 heteroatoms. The minimum Gasteiger partial charge on any atom is -0.449 e. The number of carbonyl (C=O) groups is 3. The molecule has 0 radical (unpaired) electrons. The lowest BCUT2D eigenvalue weighted by atomic mass is 9.85. The normalized spacial score (nSPS) is 18.4. The predicted octanol–water partition coefficient (Wildman–Crippen LogP) is 4.50. The number of hydrogen-bond acceptors (Lipinski definition) is 5. The molecular formula is C22H23ClN4O4. The smallest absolute Gasteiger partial charge is 0.418 e. The standard InChI is InChI=1S/C22H23ClN4O4/c1-4-26(17-9-11-24-12-10-17)20(28)18-14(3)25-21(29)27(22(30)31-5-2)19(18)15-7-6-8-16(23)13-15/h6-13,18-19H,4-5H2,1-3H3. The summed E-state index contributed by atoms with van der Waals surface area (Å²) in [4.78, 5) is 49.6. The summed E-state index contributed by atoms with van der Waals surface area (Å²) < 4.78 is 5.10. The van der Waals surface area contributed by atoms with Crippen molar-refractivity contribution >= 4 is 41.0 Å². The fourth-order valence-corrected chi connectivity index (χ4v) is 3.86. The van der Waals surface area contributed by atoms with E-state index in [2.05, 4.69) is 9.98 Å². The van der Waals surface area contributed by atoms with Crippen LogP contribution in [0.2, 0.25) is 5.02 Å². The largest absolute Gasteiger partial charge is 0.449 e. The number of aromatic nitrogens is 1. The summed E-state index contributed by atoms with van der Waals surface area (Å²) in [6, 6.07) is 8.44. The van der Waals surface area contributed by atoms with Crippen LogP contribution in [0.15, 0.2) is 53.8 Å². The lowest BCUT2D eigenvalue weighted by Crippen LogP contribution is -2.52. The minimum atomic E-state index is -0.953. The number of hydrogen-bond donors (Lipinski definition) is 0. The molecule has 31 heavy (non-hydrogen) atoms. The van der Waals surface area contributed by atoms with Crippen molar-refractivity contribution in [2.24, 2.45) is 10.9 Å². The molecule has 1 aromatic heterocycles. The van der Waals surface area contributed by atoms with E-state index in [0.717, 1.165) is 4.90 Å². The monoisotopic (exact) mass is 442 g/mol. The van der Waals surface area contributed by atoms with E-state index in [4.69, 9.17) is 16.3 Å². The second-order valence-corrected chi connectivity index (χ2v) is 7.31. The van der Waals surface area contributed by atoms with Gasteiger partial charge in [-0.15, -0.1) is 0 Å². The van der Waals surface area contributed by atoms with Gasteiger partial charge in [0, 0.05) is 35.4 Å². The Morgan fingerprint density at radius 2 is 1.90 bits per heavy atom. The highest BCUT2D eigenvalue weighted by Gasteiger charge is 2.47. The van der Waals surface area contributed by atoms with Gasteiger partial charge in [0.05, 0.1) is 12.6 Å². The van der Waals surface area contributed by atoms with E-state index in [1.807, 2.05) is 6.92 Å². The van der Waals surface area contributed by atoms with Gasteiger partial charge >= 0.3 is 12.1 Å². The van der Waals surface area contributed by atoms with Crippen LogP contribution in [0, 0.1) is 5.92 Å². The number of amides is 4. The first-order valence-electron chi connectivity index (χ1n) is 9.91. The first kappa shape index (κ1) is 22.4. The Morgan fingerprint density at radius 3 is 2.52 bits per heavy atom. The van der Waals surface area contributed by atoms with Crippen molar-refractivity contribution in [2.75, 3.05) is 18.1 Å². The fraction of sp³-hybridized carbons (Fsp3) is 0.318. The van der Waals surface area contributed by atoms with Gasteiger partial charge in [0.2, 0.25) is 5.91 Å². The lowest BCUT2D eigenvalue weighted by molar-refractivity contribution is -0.121. The van der Waals surface area contributed by atoms with Gasteiger partial charge in [-0.3, -0.25) is 9.78 Å². The van der Waals surface area contributed by atoms with Gasteiger partial charge in [-0.1, -0.05) is 23.7 Å². The van der Waals surface area contributed by atoms with Gasteiger partial charge in [-0.05, 0) is 50.6 Å². The summed E-state index contributed by atoms with van der Waals surface area (Å²) in [5.41, 5.74) is 1.50. The fourth-order valence-electron chi connectivity index (χ4n) is 3.66. The summed E-state index contributed by atoms with van der Waals surface area (Å²) in [7, 11) is 0. The van der Waals surface area contributed by atoms with Crippen LogP contribution in [0.3, 0.4) is 0 Å². The van der Waals surface area contributed by atoms with Crippen LogP contribution < -0.4 is 4.90 Å². The highest BCUT2D eigenvalue weighted by Crippen LogP contribution is 2.37. The molecule has 4 amide bonds. The first-order valence-corrected chi connectivity index (χ1v) is 10.3. The number of benzene rings is 1. The summed E-state index contributed by atoms with van der Waals surface area (Å²) in [5.74, 6) is -1.21. The Bertz CT molecular complexity index is 1010. The van der Waals surface area contributed by atoms with Crippen LogP contribution in [0.1, 0.15) is 32.4 Å². The summed E-state index contributed by atoms with van der Waals surface area (Å²) in [5, 5.41) is 0.418. The maximum absolute atomic E-state index is 13.7. The second-order valence-electron chi connectivity index (χ2n) is 6.87. The van der Waals surface area contributed by atoms with E-state index in [1.165, 1.54) is 0 Å². The van der Waals surface area contributed by atoms with Gasteiger partial charge in [0.1, 0.15) is 5.92 Å². The van der Waals surface area contributed by atoms with Crippen LogP contribution in [0.4, 0.5) is 15.3 Å². The van der Waals surface area contributed by atoms with Gasteiger partial charge < -0.3 is 9.64 Å². The third kappa shape index (κ3) is 4.59. The van der Waals surface area contributed by atoms with Crippen molar-refractivity contribution in [3.05, 3.63) is 59.4 Å². The number of halogens is 1. The molecule has 0 fully saturated rings. The Balaban J connectivity index is 2.14. The minimum absolute atomic E-state index is 0.0737. The molecule has 1 aliphatic heterocycles. The second kappa shape index (κ2) is 9.70. The maximum atomic E-state index is 13.7. The summed E-state index contributed by atoms with van der Waals surface area (Å²) in [6.45, 7) is 5.55. The molecule has 8 nitrogen and oxygen atoms in total. The van der Waals surface area contributed by atoms with Crippen molar-refractivity contribution < 1.29 is 19.1 Å². The Morgan fingerprint density at radius 1 is 1.19 bits per heavy atom. The number of urea groups is 1. The number of ether oxygens (including phenoxy) is 1. The number of rotatable bonds is 5. The van der Waals surface area contributed by atoms with Crippen molar-refractivity contribution in [3.8, 4) is 0 Å². The van der Waals surface area contributed by atoms with Crippen LogP contribution in [-0.2, 0) is 9.53 Å². The number of pyridine rings is 1. The van der Waals surface area contributed by atoms with E-state index in [1.54, 1.807) is 67.5 Å². The molecule has 0 saturated carbocycles. The highest BCUT2D eigenvalue weighted by molar-refractivity contribution is 6.30. The van der Waals surface area contributed by atoms with Crippen LogP contribution >= 0.6 is 11.6 Å². The number of nitrogens with zero attached hydrogens (tertiary/aromatic N) is 4. The Hall–Kier alpha value is -3.26.